The van der Waals surface area contributed by atoms with Crippen molar-refractivity contribution >= 4 is 17.3 Å². The average molecular weight is 288 g/mol. The van der Waals surface area contributed by atoms with Gasteiger partial charge in [0.05, 0.1) is 12.7 Å². The maximum Gasteiger partial charge on any atom is 0.340 e. The number of hydrogen-bond acceptors (Lipinski definition) is 4. The Kier molecular flexibility index (Phi) is 4.42. The summed E-state index contributed by atoms with van der Waals surface area (Å²) in [6.07, 6.45) is 0. The first-order valence-electron chi connectivity index (χ1n) is 6.44. The molecular weight excluding hydrogens is 271 g/mol. The minimum absolute atomic E-state index is 0.270. The molecule has 2 N–H and O–H groups in total. The third-order valence-corrected chi connectivity index (χ3v) is 3.19. The fourth-order valence-electron chi connectivity index (χ4n) is 2.07. The van der Waals surface area contributed by atoms with E-state index in [2.05, 4.69) is 0 Å². The largest absolute Gasteiger partial charge is 0.465 e. The molecule has 0 amide bonds. The van der Waals surface area contributed by atoms with Crippen molar-refractivity contribution in [3.8, 4) is 0 Å². The van der Waals surface area contributed by atoms with E-state index in [9.17, 15) is 9.18 Å². The number of nitrogens with zero attached hydrogens (tertiary/aromatic N) is 1. The summed E-state index contributed by atoms with van der Waals surface area (Å²) in [5.41, 5.74) is 8.10. The molecule has 0 aliphatic rings. The molecule has 0 aliphatic carbocycles. The Morgan fingerprint density at radius 1 is 1.29 bits per heavy atom. The maximum absolute atomic E-state index is 13.2. The Labute approximate surface area is 122 Å². The Bertz CT molecular complexity index is 658. The highest BCUT2D eigenvalue weighted by molar-refractivity contribution is 5.96. The van der Waals surface area contributed by atoms with Crippen LogP contribution in [0.1, 0.15) is 15.9 Å². The Balaban J connectivity index is 2.23. The van der Waals surface area contributed by atoms with Gasteiger partial charge in [-0.15, -0.1) is 0 Å². The molecule has 0 heterocycles. The van der Waals surface area contributed by atoms with Crippen LogP contribution in [0, 0.1) is 5.82 Å². The smallest absolute Gasteiger partial charge is 0.340 e. The van der Waals surface area contributed by atoms with E-state index in [4.69, 9.17) is 10.5 Å². The second-order valence-corrected chi connectivity index (χ2v) is 4.75. The number of nitrogen functional groups attached to an aromatic ring is 1. The lowest BCUT2D eigenvalue weighted by atomic mass is 10.1. The maximum atomic E-state index is 13.2. The lowest BCUT2D eigenvalue weighted by Gasteiger charge is -2.20. The second-order valence-electron chi connectivity index (χ2n) is 4.75. The van der Waals surface area contributed by atoms with E-state index in [-0.39, 0.29) is 5.82 Å². The minimum atomic E-state index is -0.478. The van der Waals surface area contributed by atoms with Crippen molar-refractivity contribution in [3.63, 3.8) is 0 Å². The molecule has 110 valence electrons. The van der Waals surface area contributed by atoms with Gasteiger partial charge in [-0.1, -0.05) is 12.1 Å². The van der Waals surface area contributed by atoms with Gasteiger partial charge in [0.25, 0.3) is 0 Å². The van der Waals surface area contributed by atoms with Crippen molar-refractivity contribution in [3.05, 3.63) is 59.4 Å². The number of benzene rings is 2. The van der Waals surface area contributed by atoms with Gasteiger partial charge in [-0.25, -0.2) is 9.18 Å². The molecule has 5 heteroatoms. The van der Waals surface area contributed by atoms with Crippen LogP contribution in [-0.2, 0) is 11.3 Å². The van der Waals surface area contributed by atoms with Crippen molar-refractivity contribution in [2.45, 2.75) is 6.54 Å². The fourth-order valence-corrected chi connectivity index (χ4v) is 2.07. The molecule has 0 bridgehead atoms. The van der Waals surface area contributed by atoms with Crippen molar-refractivity contribution in [2.75, 3.05) is 24.8 Å². The SMILES string of the molecule is COC(=O)c1cc(N(C)Cc2cccc(F)c2)ccc1N. The van der Waals surface area contributed by atoms with Crippen molar-refractivity contribution < 1.29 is 13.9 Å². The summed E-state index contributed by atoms with van der Waals surface area (Å²) in [7, 11) is 3.17. The molecule has 0 saturated heterocycles. The molecule has 0 fully saturated rings. The number of carbonyl (C=O) groups is 1. The molecule has 2 rings (SSSR count). The van der Waals surface area contributed by atoms with E-state index in [1.807, 2.05) is 18.0 Å². The van der Waals surface area contributed by atoms with Gasteiger partial charge in [0, 0.05) is 25.0 Å². The van der Waals surface area contributed by atoms with Crippen LogP contribution in [0.15, 0.2) is 42.5 Å². The molecule has 0 radical (unpaired) electrons. The molecule has 0 aliphatic heterocycles. The highest BCUT2D eigenvalue weighted by Crippen LogP contribution is 2.22. The van der Waals surface area contributed by atoms with Crippen LogP contribution in [0.25, 0.3) is 0 Å². The fraction of sp³-hybridized carbons (Fsp3) is 0.188. The first kappa shape index (κ1) is 14.8. The van der Waals surface area contributed by atoms with Gasteiger partial charge in [0.15, 0.2) is 0 Å². The number of rotatable bonds is 4. The number of hydrogen-bond donors (Lipinski definition) is 1. The van der Waals surface area contributed by atoms with Crippen molar-refractivity contribution in [1.29, 1.82) is 0 Å². The third kappa shape index (κ3) is 3.51. The summed E-state index contributed by atoms with van der Waals surface area (Å²) in [6.45, 7) is 0.516. The van der Waals surface area contributed by atoms with E-state index < -0.39 is 5.97 Å². The minimum Gasteiger partial charge on any atom is -0.465 e. The molecule has 0 unspecified atom stereocenters. The molecule has 0 saturated carbocycles. The zero-order chi connectivity index (χ0) is 15.4. The topological polar surface area (TPSA) is 55.6 Å². The molecule has 0 spiro atoms. The van der Waals surface area contributed by atoms with E-state index in [1.165, 1.54) is 19.2 Å². The number of halogens is 1. The van der Waals surface area contributed by atoms with Gasteiger partial charge < -0.3 is 15.4 Å². The monoisotopic (exact) mass is 288 g/mol. The van der Waals surface area contributed by atoms with Gasteiger partial charge in [-0.3, -0.25) is 0 Å². The molecule has 0 aromatic heterocycles. The second kappa shape index (κ2) is 6.26. The number of methoxy groups -OCH3 is 1. The summed E-state index contributed by atoms with van der Waals surface area (Å²) < 4.78 is 17.9. The molecule has 2 aromatic carbocycles. The number of ether oxygens (including phenoxy) is 1. The van der Waals surface area contributed by atoms with Crippen LogP contribution in [0.2, 0.25) is 0 Å². The zero-order valence-electron chi connectivity index (χ0n) is 12.0. The molecule has 2 aromatic rings. The van der Waals surface area contributed by atoms with Crippen molar-refractivity contribution in [1.82, 2.24) is 0 Å². The number of anilines is 2. The number of esters is 1. The predicted octanol–water partition coefficient (Wildman–Crippen LogP) is 2.83. The summed E-state index contributed by atoms with van der Waals surface area (Å²) in [5, 5.41) is 0. The Morgan fingerprint density at radius 2 is 2.05 bits per heavy atom. The summed E-state index contributed by atoms with van der Waals surface area (Å²) in [5.74, 6) is -0.748. The quantitative estimate of drug-likeness (QED) is 0.694. The van der Waals surface area contributed by atoms with E-state index in [0.29, 0.717) is 17.8 Å². The van der Waals surface area contributed by atoms with Crippen molar-refractivity contribution in [2.24, 2.45) is 0 Å². The van der Waals surface area contributed by atoms with Gasteiger partial charge in [0.1, 0.15) is 5.82 Å². The zero-order valence-corrected chi connectivity index (χ0v) is 12.0. The summed E-state index contributed by atoms with van der Waals surface area (Å²) in [6, 6.07) is 11.5. The van der Waals surface area contributed by atoms with Crippen LogP contribution in [0.4, 0.5) is 15.8 Å². The van der Waals surface area contributed by atoms with Crippen LogP contribution in [0.3, 0.4) is 0 Å². The van der Waals surface area contributed by atoms with E-state index in [0.717, 1.165) is 11.3 Å². The first-order valence-corrected chi connectivity index (χ1v) is 6.44. The van der Waals surface area contributed by atoms with Gasteiger partial charge in [0.2, 0.25) is 0 Å². The number of carbonyl (C=O) groups excluding carboxylic acids is 1. The first-order chi connectivity index (χ1) is 10.0. The predicted molar refractivity (Wildman–Crippen MR) is 80.7 cm³/mol. The molecule has 21 heavy (non-hydrogen) atoms. The lowest BCUT2D eigenvalue weighted by Crippen LogP contribution is -2.17. The Morgan fingerprint density at radius 3 is 2.71 bits per heavy atom. The van der Waals surface area contributed by atoms with Crippen LogP contribution in [0.5, 0.6) is 0 Å². The molecule has 0 atom stereocenters. The van der Waals surface area contributed by atoms with E-state index >= 15 is 0 Å². The molecular formula is C16H17FN2O2. The Hall–Kier alpha value is -2.56. The highest BCUT2D eigenvalue weighted by Gasteiger charge is 2.12. The number of nitrogens with two attached hydrogens (primary N) is 1. The lowest BCUT2D eigenvalue weighted by molar-refractivity contribution is 0.0602. The summed E-state index contributed by atoms with van der Waals surface area (Å²) in [4.78, 5) is 13.5. The average Bonchev–Trinajstić information content (AvgIpc) is 2.47. The van der Waals surface area contributed by atoms with Gasteiger partial charge in [-0.2, -0.15) is 0 Å². The van der Waals surface area contributed by atoms with Crippen LogP contribution in [-0.4, -0.2) is 20.1 Å². The third-order valence-electron chi connectivity index (χ3n) is 3.19. The normalized spacial score (nSPS) is 10.2. The van der Waals surface area contributed by atoms with Gasteiger partial charge in [-0.05, 0) is 35.9 Å². The standard InChI is InChI=1S/C16H17FN2O2/c1-19(10-11-4-3-5-12(17)8-11)13-6-7-15(18)14(9-13)16(20)21-2/h3-9H,10,18H2,1-2H3. The van der Waals surface area contributed by atoms with E-state index in [1.54, 1.807) is 24.3 Å². The van der Waals surface area contributed by atoms with Gasteiger partial charge >= 0.3 is 5.97 Å². The van der Waals surface area contributed by atoms with Crippen LogP contribution < -0.4 is 10.6 Å². The molecule has 4 nitrogen and oxygen atoms in total. The highest BCUT2D eigenvalue weighted by atomic mass is 19.1. The van der Waals surface area contributed by atoms with Crippen LogP contribution >= 0.6 is 0 Å². The summed E-state index contributed by atoms with van der Waals surface area (Å²) >= 11 is 0.